The zero-order chi connectivity index (χ0) is 18.4. The minimum Gasteiger partial charge on any atom is -0.340 e. The number of aromatic nitrogens is 1. The monoisotopic (exact) mass is 358 g/mol. The summed E-state index contributed by atoms with van der Waals surface area (Å²) in [4.78, 5) is 24.4. The molecule has 1 atom stereocenters. The zero-order valence-corrected chi connectivity index (χ0v) is 16.5. The normalized spacial score (nSPS) is 21.4. The molecule has 0 N–H and O–H groups in total. The molecular formula is C21H34N4O. The number of carbonyl (C=O) groups excluding carboxylic acids is 1. The molecule has 2 fully saturated rings. The van der Waals surface area contributed by atoms with Gasteiger partial charge in [0, 0.05) is 38.9 Å². The Kier molecular flexibility index (Phi) is 7.03. The van der Waals surface area contributed by atoms with Crippen molar-refractivity contribution in [2.45, 2.75) is 58.5 Å². The van der Waals surface area contributed by atoms with Gasteiger partial charge in [-0.2, -0.15) is 0 Å². The van der Waals surface area contributed by atoms with E-state index < -0.39 is 0 Å². The predicted molar refractivity (Wildman–Crippen MR) is 105 cm³/mol. The number of hydrogen-bond acceptors (Lipinski definition) is 4. The van der Waals surface area contributed by atoms with E-state index in [1.165, 1.54) is 24.8 Å². The van der Waals surface area contributed by atoms with Crippen LogP contribution < -0.4 is 0 Å². The van der Waals surface area contributed by atoms with Crippen LogP contribution in [0, 0.1) is 0 Å². The molecular weight excluding hydrogens is 324 g/mol. The van der Waals surface area contributed by atoms with Crippen molar-refractivity contribution < 1.29 is 4.79 Å². The van der Waals surface area contributed by atoms with Crippen molar-refractivity contribution in [3.63, 3.8) is 0 Å². The summed E-state index contributed by atoms with van der Waals surface area (Å²) in [5.41, 5.74) is 2.41. The Balaban J connectivity index is 1.51. The second-order valence-electron chi connectivity index (χ2n) is 7.74. The third-order valence-corrected chi connectivity index (χ3v) is 5.88. The first-order valence-corrected chi connectivity index (χ1v) is 10.4. The van der Waals surface area contributed by atoms with Crippen LogP contribution in [0.3, 0.4) is 0 Å². The van der Waals surface area contributed by atoms with Crippen LogP contribution >= 0.6 is 0 Å². The fourth-order valence-corrected chi connectivity index (χ4v) is 4.06. The molecule has 26 heavy (non-hydrogen) atoms. The standard InChI is InChI=1S/C21H34N4O/c1-3-19-8-9-20(22-16-19)17-23-10-7-13-25(15-14-23)21(26)18(2)24-11-5-4-6-12-24/h8-9,16,18H,3-7,10-15,17H2,1-2H3. The fourth-order valence-electron chi connectivity index (χ4n) is 4.06. The molecule has 1 unspecified atom stereocenters. The van der Waals surface area contributed by atoms with Crippen molar-refractivity contribution in [1.29, 1.82) is 0 Å². The lowest BCUT2D eigenvalue weighted by atomic mass is 10.1. The van der Waals surface area contributed by atoms with Gasteiger partial charge in [-0.1, -0.05) is 19.4 Å². The molecule has 1 amide bonds. The lowest BCUT2D eigenvalue weighted by Crippen LogP contribution is -2.49. The molecule has 1 aromatic rings. The van der Waals surface area contributed by atoms with Crippen LogP contribution in [0.2, 0.25) is 0 Å². The van der Waals surface area contributed by atoms with Crippen molar-refractivity contribution >= 4 is 5.91 Å². The minimum absolute atomic E-state index is 0.0325. The van der Waals surface area contributed by atoms with Gasteiger partial charge in [0.15, 0.2) is 0 Å². The first-order chi connectivity index (χ1) is 12.7. The maximum atomic E-state index is 12.9. The average Bonchev–Trinajstić information content (AvgIpc) is 2.94. The summed E-state index contributed by atoms with van der Waals surface area (Å²) in [5.74, 6) is 0.319. The Morgan fingerprint density at radius 3 is 2.54 bits per heavy atom. The topological polar surface area (TPSA) is 39.7 Å². The van der Waals surface area contributed by atoms with Gasteiger partial charge in [-0.15, -0.1) is 0 Å². The molecule has 2 aliphatic heterocycles. The minimum atomic E-state index is 0.0325. The van der Waals surface area contributed by atoms with Crippen LogP contribution in [0.15, 0.2) is 18.3 Å². The van der Waals surface area contributed by atoms with Crippen molar-refractivity contribution in [3.05, 3.63) is 29.6 Å². The first-order valence-electron chi connectivity index (χ1n) is 10.4. The van der Waals surface area contributed by atoms with Gasteiger partial charge in [-0.05, 0) is 57.3 Å². The Morgan fingerprint density at radius 1 is 1.04 bits per heavy atom. The molecule has 5 nitrogen and oxygen atoms in total. The molecule has 2 aliphatic rings. The fraction of sp³-hybridized carbons (Fsp3) is 0.714. The summed E-state index contributed by atoms with van der Waals surface area (Å²) < 4.78 is 0. The Morgan fingerprint density at radius 2 is 1.85 bits per heavy atom. The summed E-state index contributed by atoms with van der Waals surface area (Å²) in [6.07, 6.45) is 7.84. The quantitative estimate of drug-likeness (QED) is 0.811. The number of likely N-dealkylation sites (tertiary alicyclic amines) is 1. The summed E-state index contributed by atoms with van der Waals surface area (Å²) in [6.45, 7) is 11.0. The molecule has 0 aromatic carbocycles. The third kappa shape index (κ3) is 5.04. The molecule has 0 bridgehead atoms. The molecule has 0 spiro atoms. The summed E-state index contributed by atoms with van der Waals surface area (Å²) in [5, 5.41) is 0. The lowest BCUT2D eigenvalue weighted by molar-refractivity contribution is -0.136. The lowest BCUT2D eigenvalue weighted by Gasteiger charge is -2.34. The summed E-state index contributed by atoms with van der Waals surface area (Å²) in [6, 6.07) is 4.35. The Labute approximate surface area is 158 Å². The van der Waals surface area contributed by atoms with Crippen molar-refractivity contribution in [2.75, 3.05) is 39.3 Å². The highest BCUT2D eigenvalue weighted by Gasteiger charge is 2.28. The number of carbonyl (C=O) groups is 1. The third-order valence-electron chi connectivity index (χ3n) is 5.88. The van der Waals surface area contributed by atoms with Crippen LogP contribution in [0.4, 0.5) is 0 Å². The van der Waals surface area contributed by atoms with E-state index in [4.69, 9.17) is 0 Å². The molecule has 144 valence electrons. The first kappa shape index (κ1) is 19.3. The SMILES string of the molecule is CCc1ccc(CN2CCCN(C(=O)C(C)N3CCCCC3)CC2)nc1. The molecule has 3 rings (SSSR count). The second-order valence-corrected chi connectivity index (χ2v) is 7.74. The molecule has 0 saturated carbocycles. The van der Waals surface area contributed by atoms with Crippen LogP contribution in [-0.4, -0.2) is 70.9 Å². The van der Waals surface area contributed by atoms with Crippen molar-refractivity contribution in [3.8, 4) is 0 Å². The highest BCUT2D eigenvalue weighted by Crippen LogP contribution is 2.15. The molecule has 2 saturated heterocycles. The van der Waals surface area contributed by atoms with Gasteiger partial charge in [0.25, 0.3) is 0 Å². The van der Waals surface area contributed by atoms with E-state index in [-0.39, 0.29) is 6.04 Å². The van der Waals surface area contributed by atoms with E-state index >= 15 is 0 Å². The van der Waals surface area contributed by atoms with Gasteiger partial charge >= 0.3 is 0 Å². The number of piperidine rings is 1. The van der Waals surface area contributed by atoms with Crippen LogP contribution in [0.25, 0.3) is 0 Å². The van der Waals surface area contributed by atoms with Crippen LogP contribution in [0.1, 0.15) is 50.8 Å². The van der Waals surface area contributed by atoms with E-state index in [2.05, 4.69) is 45.7 Å². The average molecular weight is 359 g/mol. The number of aryl methyl sites for hydroxylation is 1. The molecule has 3 heterocycles. The molecule has 1 aromatic heterocycles. The summed E-state index contributed by atoms with van der Waals surface area (Å²) >= 11 is 0. The zero-order valence-electron chi connectivity index (χ0n) is 16.5. The highest BCUT2D eigenvalue weighted by atomic mass is 16.2. The maximum Gasteiger partial charge on any atom is 0.239 e. The predicted octanol–water partition coefficient (Wildman–Crippen LogP) is 2.55. The van der Waals surface area contributed by atoms with Crippen molar-refractivity contribution in [2.24, 2.45) is 0 Å². The van der Waals surface area contributed by atoms with Crippen LogP contribution in [-0.2, 0) is 17.8 Å². The highest BCUT2D eigenvalue weighted by molar-refractivity contribution is 5.81. The maximum absolute atomic E-state index is 12.9. The summed E-state index contributed by atoms with van der Waals surface area (Å²) in [7, 11) is 0. The van der Waals surface area contributed by atoms with Crippen molar-refractivity contribution in [1.82, 2.24) is 19.7 Å². The van der Waals surface area contributed by atoms with E-state index in [1.807, 2.05) is 6.20 Å². The largest absolute Gasteiger partial charge is 0.340 e. The molecule has 0 radical (unpaired) electrons. The van der Waals surface area contributed by atoms with Gasteiger partial charge < -0.3 is 4.90 Å². The van der Waals surface area contributed by atoms with E-state index in [0.29, 0.717) is 5.91 Å². The van der Waals surface area contributed by atoms with Gasteiger partial charge in [0.05, 0.1) is 11.7 Å². The number of amides is 1. The van der Waals surface area contributed by atoms with Crippen LogP contribution in [0.5, 0.6) is 0 Å². The van der Waals surface area contributed by atoms with Gasteiger partial charge in [0.1, 0.15) is 0 Å². The van der Waals surface area contributed by atoms with Gasteiger partial charge in [0.2, 0.25) is 5.91 Å². The molecule has 5 heteroatoms. The van der Waals surface area contributed by atoms with Gasteiger partial charge in [-0.3, -0.25) is 19.6 Å². The van der Waals surface area contributed by atoms with Gasteiger partial charge in [-0.25, -0.2) is 0 Å². The number of pyridine rings is 1. The molecule has 0 aliphatic carbocycles. The van der Waals surface area contributed by atoms with E-state index in [0.717, 1.165) is 64.3 Å². The number of nitrogens with zero attached hydrogens (tertiary/aromatic N) is 4. The van der Waals surface area contributed by atoms with E-state index in [9.17, 15) is 4.79 Å². The van der Waals surface area contributed by atoms with E-state index in [1.54, 1.807) is 0 Å². The Bertz CT molecular complexity index is 568. The number of rotatable bonds is 5. The number of hydrogen-bond donors (Lipinski definition) is 0. The smallest absolute Gasteiger partial charge is 0.239 e. The second kappa shape index (κ2) is 9.47. The Hall–Kier alpha value is -1.46.